The quantitative estimate of drug-likeness (QED) is 0.880. The van der Waals surface area contributed by atoms with E-state index in [2.05, 4.69) is 41.8 Å². The lowest BCUT2D eigenvalue weighted by molar-refractivity contribution is 0.409. The highest BCUT2D eigenvalue weighted by molar-refractivity contribution is 5.37. The van der Waals surface area contributed by atoms with Crippen LogP contribution in [0.15, 0.2) is 24.3 Å². The van der Waals surface area contributed by atoms with Crippen LogP contribution in [0.2, 0.25) is 0 Å². The third-order valence-corrected chi connectivity index (χ3v) is 3.54. The van der Waals surface area contributed by atoms with E-state index in [-0.39, 0.29) is 0 Å². The van der Waals surface area contributed by atoms with Gasteiger partial charge in [0.2, 0.25) is 0 Å². The third-order valence-electron chi connectivity index (χ3n) is 3.54. The normalized spacial score (nSPS) is 10.8. The fraction of sp³-hybridized carbons (Fsp3) is 0.438. The van der Waals surface area contributed by atoms with Crippen LogP contribution in [0.1, 0.15) is 36.4 Å². The van der Waals surface area contributed by atoms with Crippen molar-refractivity contribution in [2.75, 3.05) is 7.11 Å². The number of methoxy groups -OCH3 is 1. The van der Waals surface area contributed by atoms with Crippen LogP contribution in [0, 0.1) is 0 Å². The van der Waals surface area contributed by atoms with Gasteiger partial charge in [-0.05, 0) is 30.5 Å². The van der Waals surface area contributed by atoms with Crippen LogP contribution in [-0.2, 0) is 25.9 Å². The molecule has 20 heavy (non-hydrogen) atoms. The molecule has 2 aromatic rings. The Morgan fingerprint density at radius 1 is 1.20 bits per heavy atom. The van der Waals surface area contributed by atoms with Gasteiger partial charge in [-0.25, -0.2) is 0 Å². The zero-order valence-corrected chi connectivity index (χ0v) is 12.5. The molecule has 0 aliphatic heterocycles. The molecular formula is C16H23N3O. The molecule has 0 aliphatic carbocycles. The number of ether oxygens (including phenoxy) is 1. The van der Waals surface area contributed by atoms with Gasteiger partial charge in [-0.3, -0.25) is 4.68 Å². The van der Waals surface area contributed by atoms with Crippen molar-refractivity contribution in [3.05, 3.63) is 46.8 Å². The summed E-state index contributed by atoms with van der Waals surface area (Å²) in [6.07, 6.45) is 1.96. The first-order chi connectivity index (χ1) is 9.71. The molecule has 4 nitrogen and oxygen atoms in total. The number of aryl methyl sites for hydroxylation is 2. The minimum absolute atomic E-state index is 0.491. The zero-order chi connectivity index (χ0) is 14.5. The first-order valence-electron chi connectivity index (χ1n) is 7.13. The van der Waals surface area contributed by atoms with Crippen molar-refractivity contribution in [3.63, 3.8) is 0 Å². The lowest BCUT2D eigenvalue weighted by Crippen LogP contribution is -2.07. The Kier molecular flexibility index (Phi) is 4.79. The molecule has 2 rings (SSSR count). The number of rotatable bonds is 6. The summed E-state index contributed by atoms with van der Waals surface area (Å²) in [4.78, 5) is 0. The van der Waals surface area contributed by atoms with Gasteiger partial charge in [-0.1, -0.05) is 26.0 Å². The van der Waals surface area contributed by atoms with Crippen molar-refractivity contribution in [2.24, 2.45) is 5.73 Å². The zero-order valence-electron chi connectivity index (χ0n) is 12.5. The summed E-state index contributed by atoms with van der Waals surface area (Å²) >= 11 is 0. The topological polar surface area (TPSA) is 53.1 Å². The number of hydrogen-bond donors (Lipinski definition) is 1. The Labute approximate surface area is 120 Å². The summed E-state index contributed by atoms with van der Waals surface area (Å²) in [6, 6.07) is 8.36. The van der Waals surface area contributed by atoms with Gasteiger partial charge >= 0.3 is 0 Å². The molecule has 1 aromatic carbocycles. The van der Waals surface area contributed by atoms with Crippen LogP contribution < -0.4 is 10.5 Å². The van der Waals surface area contributed by atoms with Gasteiger partial charge in [0.15, 0.2) is 0 Å². The molecule has 4 heteroatoms. The van der Waals surface area contributed by atoms with Crippen molar-refractivity contribution >= 4 is 0 Å². The first-order valence-corrected chi connectivity index (χ1v) is 7.13. The number of benzene rings is 1. The summed E-state index contributed by atoms with van der Waals surface area (Å²) in [7, 11) is 1.68. The average Bonchev–Trinajstić information content (AvgIpc) is 2.89. The van der Waals surface area contributed by atoms with Gasteiger partial charge < -0.3 is 10.5 Å². The SMILES string of the molecule is CCc1cc(CC)n(Cc2ccc(CN)c(OC)c2)n1. The molecule has 0 amide bonds. The second-order valence-corrected chi connectivity index (χ2v) is 4.84. The number of aromatic nitrogens is 2. The molecular weight excluding hydrogens is 250 g/mol. The minimum Gasteiger partial charge on any atom is -0.496 e. The van der Waals surface area contributed by atoms with Gasteiger partial charge in [0, 0.05) is 17.8 Å². The highest BCUT2D eigenvalue weighted by atomic mass is 16.5. The van der Waals surface area contributed by atoms with E-state index >= 15 is 0 Å². The van der Waals surface area contributed by atoms with Crippen LogP contribution in [0.4, 0.5) is 0 Å². The summed E-state index contributed by atoms with van der Waals surface area (Å²) < 4.78 is 7.47. The Morgan fingerprint density at radius 2 is 2.00 bits per heavy atom. The van der Waals surface area contributed by atoms with Crippen LogP contribution in [0.3, 0.4) is 0 Å². The van der Waals surface area contributed by atoms with E-state index in [0.29, 0.717) is 6.54 Å². The molecule has 2 N–H and O–H groups in total. The maximum absolute atomic E-state index is 5.70. The van der Waals surface area contributed by atoms with Gasteiger partial charge in [-0.2, -0.15) is 5.10 Å². The Bertz CT molecular complexity index is 575. The van der Waals surface area contributed by atoms with Gasteiger partial charge in [-0.15, -0.1) is 0 Å². The van der Waals surface area contributed by atoms with Crippen molar-refractivity contribution in [1.82, 2.24) is 9.78 Å². The molecule has 0 spiro atoms. The van der Waals surface area contributed by atoms with Crippen LogP contribution in [-0.4, -0.2) is 16.9 Å². The third kappa shape index (κ3) is 3.02. The predicted octanol–water partition coefficient (Wildman–Crippen LogP) is 2.52. The van der Waals surface area contributed by atoms with Crippen molar-refractivity contribution in [1.29, 1.82) is 0 Å². The molecule has 1 heterocycles. The van der Waals surface area contributed by atoms with Gasteiger partial charge in [0.25, 0.3) is 0 Å². The van der Waals surface area contributed by atoms with E-state index in [4.69, 9.17) is 10.5 Å². The average molecular weight is 273 g/mol. The van der Waals surface area contributed by atoms with Crippen molar-refractivity contribution in [2.45, 2.75) is 39.8 Å². The monoisotopic (exact) mass is 273 g/mol. The number of hydrogen-bond acceptors (Lipinski definition) is 3. The second kappa shape index (κ2) is 6.57. The molecule has 108 valence electrons. The summed E-state index contributed by atoms with van der Waals surface area (Å²) in [5.74, 6) is 0.853. The van der Waals surface area contributed by atoms with E-state index in [0.717, 1.165) is 36.4 Å². The fourth-order valence-corrected chi connectivity index (χ4v) is 2.34. The second-order valence-electron chi connectivity index (χ2n) is 4.84. The highest BCUT2D eigenvalue weighted by Gasteiger charge is 2.08. The van der Waals surface area contributed by atoms with Gasteiger partial charge in [0.1, 0.15) is 5.75 Å². The van der Waals surface area contributed by atoms with Crippen LogP contribution in [0.25, 0.3) is 0 Å². The smallest absolute Gasteiger partial charge is 0.123 e. The van der Waals surface area contributed by atoms with Gasteiger partial charge in [0.05, 0.1) is 19.3 Å². The molecule has 1 aromatic heterocycles. The largest absolute Gasteiger partial charge is 0.496 e. The predicted molar refractivity (Wildman–Crippen MR) is 81.0 cm³/mol. The Balaban J connectivity index is 2.27. The molecule has 0 saturated carbocycles. The maximum Gasteiger partial charge on any atom is 0.123 e. The molecule has 0 aliphatic rings. The molecule has 0 fully saturated rings. The van der Waals surface area contributed by atoms with Crippen molar-refractivity contribution in [3.8, 4) is 5.75 Å². The lowest BCUT2D eigenvalue weighted by atomic mass is 10.1. The fourth-order valence-electron chi connectivity index (χ4n) is 2.34. The molecule has 0 unspecified atom stereocenters. The molecule has 0 saturated heterocycles. The minimum atomic E-state index is 0.491. The van der Waals surface area contributed by atoms with E-state index in [1.165, 1.54) is 11.3 Å². The molecule has 0 bridgehead atoms. The highest BCUT2D eigenvalue weighted by Crippen LogP contribution is 2.21. The molecule has 0 radical (unpaired) electrons. The summed E-state index contributed by atoms with van der Waals surface area (Å²) in [5, 5.41) is 4.64. The van der Waals surface area contributed by atoms with E-state index in [9.17, 15) is 0 Å². The Hall–Kier alpha value is -1.81. The van der Waals surface area contributed by atoms with E-state index in [1.807, 2.05) is 6.07 Å². The number of nitrogens with zero attached hydrogens (tertiary/aromatic N) is 2. The van der Waals surface area contributed by atoms with E-state index in [1.54, 1.807) is 7.11 Å². The van der Waals surface area contributed by atoms with E-state index < -0.39 is 0 Å². The Morgan fingerprint density at radius 3 is 2.60 bits per heavy atom. The molecule has 0 atom stereocenters. The summed E-state index contributed by atoms with van der Waals surface area (Å²) in [5.41, 5.74) is 10.3. The first kappa shape index (κ1) is 14.6. The summed E-state index contributed by atoms with van der Waals surface area (Å²) in [6.45, 7) is 5.55. The van der Waals surface area contributed by atoms with Crippen molar-refractivity contribution < 1.29 is 4.74 Å². The van der Waals surface area contributed by atoms with Crippen LogP contribution in [0.5, 0.6) is 5.75 Å². The maximum atomic E-state index is 5.70. The standard InChI is InChI=1S/C16H23N3O/c1-4-14-9-15(5-2)19(18-14)11-12-6-7-13(10-17)16(8-12)20-3/h6-9H,4-5,10-11,17H2,1-3H3. The van der Waals surface area contributed by atoms with Crippen LogP contribution >= 0.6 is 0 Å². The lowest BCUT2D eigenvalue weighted by Gasteiger charge is -2.11. The number of nitrogens with two attached hydrogens (primary N) is 1.